The summed E-state index contributed by atoms with van der Waals surface area (Å²) in [5.74, 6) is 0.461. The lowest BCUT2D eigenvalue weighted by Crippen LogP contribution is -2.41. The minimum Gasteiger partial charge on any atom is -0.483 e. The summed E-state index contributed by atoms with van der Waals surface area (Å²) in [6.45, 7) is 29.4. The van der Waals surface area contributed by atoms with Crippen LogP contribution in [0.4, 0.5) is 17.1 Å². The van der Waals surface area contributed by atoms with Crippen LogP contribution in [0.15, 0.2) is 60.3 Å². The van der Waals surface area contributed by atoms with Crippen LogP contribution >= 0.6 is 15.9 Å². The Morgan fingerprint density at radius 3 is 1.51 bits per heavy atom. The number of anilines is 3. The number of pyridine rings is 3. The molecule has 1 fully saturated rings. The fraction of sp³-hybridized carbons (Fsp3) is 0.412. The topological polar surface area (TPSA) is 207 Å². The molecule has 0 amide bonds. The number of nitrogens with zero attached hydrogens (tertiary/aromatic N) is 3. The van der Waals surface area contributed by atoms with Crippen molar-refractivity contribution in [3.63, 3.8) is 0 Å². The molecule has 11 nitrogen and oxygen atoms in total. The SMILES string of the molecule is C=C(C)B1OC(C)(C)C(C)(C)O1.C=C(C)c1cncc(C)c1N.Cc1cncc(Br)c1N.Cc1cncc(C(C)C)c1N.N.O=CO. The van der Waals surface area contributed by atoms with Gasteiger partial charge in [0.2, 0.25) is 0 Å². The van der Waals surface area contributed by atoms with Gasteiger partial charge in [0.15, 0.2) is 0 Å². The highest BCUT2D eigenvalue weighted by molar-refractivity contribution is 9.10. The summed E-state index contributed by atoms with van der Waals surface area (Å²) in [5, 5.41) is 6.89. The van der Waals surface area contributed by atoms with Crippen molar-refractivity contribution in [3.05, 3.63) is 88.1 Å². The number of aryl methyl sites for hydroxylation is 3. The summed E-state index contributed by atoms with van der Waals surface area (Å²) in [4.78, 5) is 20.4. The first-order valence-corrected chi connectivity index (χ1v) is 15.4. The Morgan fingerprint density at radius 2 is 1.21 bits per heavy atom. The van der Waals surface area contributed by atoms with E-state index in [4.69, 9.17) is 36.4 Å². The second kappa shape index (κ2) is 20.5. The van der Waals surface area contributed by atoms with Crippen molar-refractivity contribution < 1.29 is 19.2 Å². The molecule has 4 heterocycles. The van der Waals surface area contributed by atoms with Crippen LogP contribution in [0.2, 0.25) is 0 Å². The molecule has 0 unspecified atom stereocenters. The number of carboxylic acid groups (broad SMARTS) is 1. The van der Waals surface area contributed by atoms with Gasteiger partial charge < -0.3 is 37.8 Å². The highest BCUT2D eigenvalue weighted by Gasteiger charge is 2.51. The maximum Gasteiger partial charge on any atom is 0.489 e. The van der Waals surface area contributed by atoms with Crippen molar-refractivity contribution in [2.45, 2.75) is 93.3 Å². The number of halogens is 1. The Labute approximate surface area is 290 Å². The maximum atomic E-state index is 8.36. The summed E-state index contributed by atoms with van der Waals surface area (Å²) in [7, 11) is -0.241. The van der Waals surface area contributed by atoms with E-state index < -0.39 is 0 Å². The van der Waals surface area contributed by atoms with Crippen molar-refractivity contribution in [3.8, 4) is 0 Å². The lowest BCUT2D eigenvalue weighted by Gasteiger charge is -2.32. The van der Waals surface area contributed by atoms with E-state index in [9.17, 15) is 0 Å². The zero-order valence-electron chi connectivity index (χ0n) is 29.9. The van der Waals surface area contributed by atoms with Gasteiger partial charge in [0.1, 0.15) is 0 Å². The summed E-state index contributed by atoms with van der Waals surface area (Å²) in [5.41, 5.74) is 26.2. The summed E-state index contributed by atoms with van der Waals surface area (Å²) >= 11 is 3.26. The van der Waals surface area contributed by atoms with Gasteiger partial charge in [-0.1, -0.05) is 25.9 Å². The number of aromatic nitrogens is 3. The van der Waals surface area contributed by atoms with Crippen molar-refractivity contribution in [2.24, 2.45) is 0 Å². The number of carbonyl (C=O) groups is 1. The normalized spacial score (nSPS) is 13.4. The third-order valence-electron chi connectivity index (χ3n) is 7.28. The van der Waals surface area contributed by atoms with Crippen molar-refractivity contribution in [1.82, 2.24) is 21.1 Å². The van der Waals surface area contributed by atoms with Crippen LogP contribution in [0, 0.1) is 20.8 Å². The zero-order valence-corrected chi connectivity index (χ0v) is 31.5. The second-order valence-electron chi connectivity index (χ2n) is 12.2. The highest BCUT2D eigenvalue weighted by atomic mass is 79.9. The van der Waals surface area contributed by atoms with Crippen molar-refractivity contribution in [2.75, 3.05) is 17.2 Å². The van der Waals surface area contributed by atoms with E-state index >= 15 is 0 Å². The second-order valence-corrected chi connectivity index (χ2v) is 13.1. The number of hydrogen-bond donors (Lipinski definition) is 5. The maximum absolute atomic E-state index is 8.36. The molecule has 4 rings (SSSR count). The Morgan fingerprint density at radius 1 is 0.830 bits per heavy atom. The van der Waals surface area contributed by atoms with E-state index in [1.165, 1.54) is 0 Å². The molecule has 1 saturated heterocycles. The van der Waals surface area contributed by atoms with E-state index in [1.54, 1.807) is 31.0 Å². The molecule has 3 aromatic rings. The van der Waals surface area contributed by atoms with Gasteiger partial charge in [-0.3, -0.25) is 19.7 Å². The molecule has 0 radical (unpaired) electrons. The first kappa shape index (κ1) is 45.3. The van der Waals surface area contributed by atoms with Crippen molar-refractivity contribution in [1.29, 1.82) is 0 Å². The summed E-state index contributed by atoms with van der Waals surface area (Å²) < 4.78 is 12.3. The minimum absolute atomic E-state index is 0. The number of nitrogens with two attached hydrogens (primary N) is 3. The van der Waals surface area contributed by atoms with E-state index in [0.717, 1.165) is 60.4 Å². The lowest BCUT2D eigenvalue weighted by atomic mass is 9.81. The molecular weight excluding hydrogens is 661 g/mol. The van der Waals surface area contributed by atoms with E-state index in [0.29, 0.717) is 5.92 Å². The largest absolute Gasteiger partial charge is 0.489 e. The zero-order chi connectivity index (χ0) is 36.0. The van der Waals surface area contributed by atoms with Gasteiger partial charge in [-0.25, -0.2) is 0 Å². The lowest BCUT2D eigenvalue weighted by molar-refractivity contribution is -0.122. The van der Waals surface area contributed by atoms with E-state index in [1.807, 2.05) is 68.5 Å². The predicted octanol–water partition coefficient (Wildman–Crippen LogP) is 7.89. The molecular formula is C34H55BBrN7O4. The number of allylic oxidation sites excluding steroid dienone is 2. The van der Waals surface area contributed by atoms with Crippen LogP contribution in [0.5, 0.6) is 0 Å². The smallest absolute Gasteiger partial charge is 0.483 e. The molecule has 1 aliphatic rings. The molecule has 0 atom stereocenters. The predicted molar refractivity (Wildman–Crippen MR) is 201 cm³/mol. The minimum atomic E-state index is -0.250. The van der Waals surface area contributed by atoms with Crippen LogP contribution in [-0.4, -0.2) is 44.9 Å². The molecule has 0 aliphatic carbocycles. The molecule has 10 N–H and O–H groups in total. The van der Waals surface area contributed by atoms with Gasteiger partial charge in [0, 0.05) is 54.1 Å². The molecule has 0 saturated carbocycles. The Balaban J connectivity index is 0. The Kier molecular flexibility index (Phi) is 19.7. The molecule has 1 aliphatic heterocycles. The first-order valence-electron chi connectivity index (χ1n) is 14.6. The van der Waals surface area contributed by atoms with E-state index in [2.05, 4.69) is 57.9 Å². The van der Waals surface area contributed by atoms with Gasteiger partial charge in [-0.15, -0.1) is 6.58 Å². The van der Waals surface area contributed by atoms with Gasteiger partial charge in [0.05, 0.1) is 21.4 Å². The van der Waals surface area contributed by atoms with E-state index in [-0.39, 0.29) is 30.9 Å². The number of rotatable bonds is 3. The van der Waals surface area contributed by atoms with Gasteiger partial charge in [-0.05, 0) is 112 Å². The molecule has 260 valence electrons. The molecule has 0 spiro atoms. The molecule has 0 aromatic carbocycles. The first-order chi connectivity index (χ1) is 21.1. The van der Waals surface area contributed by atoms with Crippen molar-refractivity contribution >= 4 is 52.2 Å². The summed E-state index contributed by atoms with van der Waals surface area (Å²) in [6, 6.07) is 0. The standard InChI is InChI=1S/C9H17BO2.C9H14N2.C9H12N2.C6H7BrN2.CH2O2.H3N/c1-7(2)10-11-8(3,4)9(5,6)12-10;2*1-6(2)8-5-11-4-7(3)9(8)10;1-4-2-9-3-5(7)6(4)8;2-1-3;/h1H2,2-6H3;4-6H,1-3H3,(H2,10,11);4-5H,1H2,2-3H3,(H2,10,11);2-3H,1H3,(H2,8,9);1H,(H,2,3);1H3. The quantitative estimate of drug-likeness (QED) is 0.130. The Hall–Kier alpha value is -3.78. The fourth-order valence-corrected chi connectivity index (χ4v) is 3.99. The highest BCUT2D eigenvalue weighted by Crippen LogP contribution is 2.38. The van der Waals surface area contributed by atoms with Crippen LogP contribution in [-0.2, 0) is 14.1 Å². The summed E-state index contributed by atoms with van der Waals surface area (Å²) in [6.07, 6.45) is 10.5. The van der Waals surface area contributed by atoms with Gasteiger partial charge in [0.25, 0.3) is 6.47 Å². The average Bonchev–Trinajstić information content (AvgIpc) is 3.18. The monoisotopic (exact) mass is 715 g/mol. The Bertz CT molecular complexity index is 1430. The van der Waals surface area contributed by atoms with Crippen LogP contribution < -0.4 is 23.4 Å². The van der Waals surface area contributed by atoms with Crippen LogP contribution in [0.3, 0.4) is 0 Å². The molecule has 47 heavy (non-hydrogen) atoms. The molecule has 3 aromatic heterocycles. The molecule has 13 heteroatoms. The number of hydrogen-bond acceptors (Lipinski definition) is 10. The van der Waals surface area contributed by atoms with Gasteiger partial charge in [-0.2, -0.15) is 0 Å². The third kappa shape index (κ3) is 14.3. The third-order valence-corrected chi connectivity index (χ3v) is 7.91. The van der Waals surface area contributed by atoms with Crippen LogP contribution in [0.25, 0.3) is 5.57 Å². The number of nitrogen functional groups attached to an aromatic ring is 3. The fourth-order valence-electron chi connectivity index (χ4n) is 3.56. The molecule has 0 bridgehead atoms. The van der Waals surface area contributed by atoms with Crippen LogP contribution in [0.1, 0.15) is 89.1 Å². The van der Waals surface area contributed by atoms with Gasteiger partial charge >= 0.3 is 7.12 Å². The average molecular weight is 717 g/mol.